The van der Waals surface area contributed by atoms with E-state index in [4.69, 9.17) is 14.6 Å². The minimum absolute atomic E-state index is 0.00501. The van der Waals surface area contributed by atoms with E-state index in [9.17, 15) is 9.59 Å². The number of amides is 1. The van der Waals surface area contributed by atoms with Crippen LogP contribution in [-0.2, 0) is 14.3 Å². The van der Waals surface area contributed by atoms with Gasteiger partial charge in [-0.15, -0.1) is 0 Å². The number of alkyl carbamates (subject to hydrolysis) is 1. The minimum atomic E-state index is -0.954. The molecule has 0 aromatic heterocycles. The van der Waals surface area contributed by atoms with E-state index < -0.39 is 17.6 Å². The van der Waals surface area contributed by atoms with Gasteiger partial charge in [0.2, 0.25) is 0 Å². The summed E-state index contributed by atoms with van der Waals surface area (Å²) in [5.74, 6) is -0.959. The number of hydrogen-bond donors (Lipinski definition) is 3. The molecule has 1 unspecified atom stereocenters. The smallest absolute Gasteiger partial charge is 0.407 e. The number of ether oxygens (including phenoxy) is 2. The van der Waals surface area contributed by atoms with E-state index in [1.165, 1.54) is 11.1 Å². The predicted octanol–water partition coefficient (Wildman–Crippen LogP) is 2.36. The Balaban J connectivity index is 1.39. The summed E-state index contributed by atoms with van der Waals surface area (Å²) in [6, 6.07) is 16.0. The van der Waals surface area contributed by atoms with Gasteiger partial charge in [-0.2, -0.15) is 0 Å². The highest BCUT2D eigenvalue weighted by atomic mass is 16.5. The maximum Gasteiger partial charge on any atom is 0.407 e. The van der Waals surface area contributed by atoms with E-state index in [2.05, 4.69) is 34.9 Å². The fourth-order valence-corrected chi connectivity index (χ4v) is 4.03. The van der Waals surface area contributed by atoms with Gasteiger partial charge < -0.3 is 19.9 Å². The Morgan fingerprint density at radius 2 is 1.72 bits per heavy atom. The zero-order valence-electron chi connectivity index (χ0n) is 16.2. The van der Waals surface area contributed by atoms with Crippen LogP contribution in [0.2, 0.25) is 0 Å². The molecular weight excluding hydrogens is 372 g/mol. The quantitative estimate of drug-likeness (QED) is 0.665. The van der Waals surface area contributed by atoms with Gasteiger partial charge in [-0.05, 0) is 29.2 Å². The van der Waals surface area contributed by atoms with E-state index in [1.807, 2.05) is 31.2 Å². The molecule has 4 rings (SSSR count). The zero-order valence-corrected chi connectivity index (χ0v) is 16.2. The van der Waals surface area contributed by atoms with Crippen molar-refractivity contribution in [3.8, 4) is 11.1 Å². The number of nitrogens with one attached hydrogen (secondary N) is 2. The molecule has 2 aromatic rings. The number of carboxylic acid groups (broad SMARTS) is 1. The van der Waals surface area contributed by atoms with Crippen molar-refractivity contribution in [3.05, 3.63) is 59.7 Å². The second-order valence-electron chi connectivity index (χ2n) is 7.59. The lowest BCUT2D eigenvalue weighted by Crippen LogP contribution is -2.71. The number of aliphatic carboxylic acids is 1. The summed E-state index contributed by atoms with van der Waals surface area (Å²) in [6.45, 7) is 2.54. The maximum absolute atomic E-state index is 12.4. The molecule has 1 atom stereocenters. The molecule has 1 aliphatic carbocycles. The molecule has 0 saturated carbocycles. The molecule has 7 nitrogen and oxygen atoms in total. The topological polar surface area (TPSA) is 96.9 Å². The summed E-state index contributed by atoms with van der Waals surface area (Å²) in [5, 5.41) is 14.7. The van der Waals surface area contributed by atoms with Crippen LogP contribution in [0.4, 0.5) is 4.79 Å². The van der Waals surface area contributed by atoms with Crippen LogP contribution in [0.1, 0.15) is 24.0 Å². The van der Waals surface area contributed by atoms with Gasteiger partial charge in [-0.3, -0.25) is 10.1 Å². The Hall–Kier alpha value is -2.90. The van der Waals surface area contributed by atoms with Crippen LogP contribution in [0, 0.1) is 0 Å². The molecule has 3 N–H and O–H groups in total. The first-order chi connectivity index (χ1) is 14.0. The number of rotatable bonds is 7. The lowest BCUT2D eigenvalue weighted by Gasteiger charge is -2.46. The van der Waals surface area contributed by atoms with E-state index in [1.54, 1.807) is 0 Å². The number of carbonyl (C=O) groups is 2. The molecule has 1 aliphatic heterocycles. The standard InChI is InChI=1S/C22H24N2O5/c1-14(22(12-28-13-22)23-10-20(25)26)24-21(27)29-11-19-17-8-4-2-6-15(17)16-7-3-5-9-18(16)19/h2-9,14,19,23H,10-13H2,1H3,(H,24,27)(H,25,26). The van der Waals surface area contributed by atoms with Crippen molar-refractivity contribution >= 4 is 12.1 Å². The third-order valence-electron chi connectivity index (χ3n) is 5.82. The molecule has 0 spiro atoms. The molecular formula is C22H24N2O5. The highest BCUT2D eigenvalue weighted by molar-refractivity contribution is 5.79. The first-order valence-corrected chi connectivity index (χ1v) is 9.66. The average molecular weight is 396 g/mol. The molecule has 1 fully saturated rings. The van der Waals surface area contributed by atoms with E-state index in [-0.39, 0.29) is 25.1 Å². The summed E-state index contributed by atoms with van der Waals surface area (Å²) in [7, 11) is 0. The lowest BCUT2D eigenvalue weighted by molar-refractivity contribution is -0.139. The zero-order chi connectivity index (χ0) is 20.4. The van der Waals surface area contributed by atoms with Gasteiger partial charge >= 0.3 is 12.1 Å². The molecule has 29 heavy (non-hydrogen) atoms. The van der Waals surface area contributed by atoms with Gasteiger partial charge in [0.15, 0.2) is 0 Å². The van der Waals surface area contributed by atoms with Crippen molar-refractivity contribution in [3.63, 3.8) is 0 Å². The molecule has 2 aromatic carbocycles. The van der Waals surface area contributed by atoms with Gasteiger partial charge in [0, 0.05) is 5.92 Å². The highest BCUT2D eigenvalue weighted by Gasteiger charge is 2.44. The van der Waals surface area contributed by atoms with Gasteiger partial charge in [-0.25, -0.2) is 4.79 Å². The summed E-state index contributed by atoms with van der Waals surface area (Å²) in [4.78, 5) is 23.3. The Labute approximate surface area is 169 Å². The Morgan fingerprint density at radius 3 is 2.24 bits per heavy atom. The first kappa shape index (κ1) is 19.4. The first-order valence-electron chi connectivity index (χ1n) is 9.66. The van der Waals surface area contributed by atoms with Crippen molar-refractivity contribution in [1.29, 1.82) is 0 Å². The molecule has 0 bridgehead atoms. The van der Waals surface area contributed by atoms with E-state index >= 15 is 0 Å². The SMILES string of the molecule is CC(NC(=O)OCC1c2ccccc2-c2ccccc21)C1(NCC(=O)O)COC1. The maximum atomic E-state index is 12.4. The van der Waals surface area contributed by atoms with E-state index in [0.29, 0.717) is 13.2 Å². The molecule has 1 heterocycles. The third-order valence-corrected chi connectivity index (χ3v) is 5.82. The van der Waals surface area contributed by atoms with Crippen molar-refractivity contribution in [2.24, 2.45) is 0 Å². The predicted molar refractivity (Wildman–Crippen MR) is 107 cm³/mol. The molecule has 152 valence electrons. The number of carboxylic acids is 1. The van der Waals surface area contributed by atoms with Gasteiger partial charge in [0.05, 0.1) is 31.3 Å². The average Bonchev–Trinajstić information content (AvgIpc) is 2.99. The van der Waals surface area contributed by atoms with E-state index in [0.717, 1.165) is 11.1 Å². The summed E-state index contributed by atoms with van der Waals surface area (Å²) in [5.41, 5.74) is 4.06. The Morgan fingerprint density at radius 1 is 1.14 bits per heavy atom. The van der Waals surface area contributed by atoms with Crippen LogP contribution in [0.25, 0.3) is 11.1 Å². The molecule has 7 heteroatoms. The minimum Gasteiger partial charge on any atom is -0.480 e. The number of benzene rings is 2. The van der Waals surface area contributed by atoms with Crippen LogP contribution in [0.15, 0.2) is 48.5 Å². The number of hydrogen-bond acceptors (Lipinski definition) is 5. The molecule has 0 radical (unpaired) electrons. The summed E-state index contributed by atoms with van der Waals surface area (Å²) in [6.07, 6.45) is -0.525. The fraction of sp³-hybridized carbons (Fsp3) is 0.364. The summed E-state index contributed by atoms with van der Waals surface area (Å²) >= 11 is 0. The second kappa shape index (κ2) is 7.85. The van der Waals surface area contributed by atoms with Crippen LogP contribution in [0.3, 0.4) is 0 Å². The van der Waals surface area contributed by atoms with Crippen molar-refractivity contribution in [2.45, 2.75) is 24.4 Å². The molecule has 1 amide bonds. The number of carbonyl (C=O) groups excluding carboxylic acids is 1. The normalized spacial score (nSPS) is 17.6. The fourth-order valence-electron chi connectivity index (χ4n) is 4.03. The van der Waals surface area contributed by atoms with Crippen molar-refractivity contribution in [2.75, 3.05) is 26.4 Å². The highest BCUT2D eigenvalue weighted by Crippen LogP contribution is 2.44. The monoisotopic (exact) mass is 396 g/mol. The van der Waals surface area contributed by atoms with Crippen LogP contribution in [-0.4, -0.2) is 55.1 Å². The molecule has 1 saturated heterocycles. The van der Waals surface area contributed by atoms with Crippen molar-refractivity contribution in [1.82, 2.24) is 10.6 Å². The second-order valence-corrected chi connectivity index (χ2v) is 7.59. The summed E-state index contributed by atoms with van der Waals surface area (Å²) < 4.78 is 10.8. The van der Waals surface area contributed by atoms with Gasteiger partial charge in [0.1, 0.15) is 6.61 Å². The largest absolute Gasteiger partial charge is 0.480 e. The van der Waals surface area contributed by atoms with Crippen LogP contribution in [0.5, 0.6) is 0 Å². The van der Waals surface area contributed by atoms with Crippen LogP contribution >= 0.6 is 0 Å². The Bertz CT molecular complexity index is 879. The number of fused-ring (bicyclic) bond motifs is 3. The van der Waals surface area contributed by atoms with Crippen LogP contribution < -0.4 is 10.6 Å². The lowest BCUT2D eigenvalue weighted by atomic mass is 9.89. The third kappa shape index (κ3) is 3.71. The molecule has 2 aliphatic rings. The van der Waals surface area contributed by atoms with Gasteiger partial charge in [-0.1, -0.05) is 48.5 Å². The van der Waals surface area contributed by atoms with Gasteiger partial charge in [0.25, 0.3) is 0 Å². The van der Waals surface area contributed by atoms with Crippen molar-refractivity contribution < 1.29 is 24.2 Å². The Kier molecular flexibility index (Phi) is 5.25.